The average Bonchev–Trinajstić information content (AvgIpc) is 3.34. The highest BCUT2D eigenvalue weighted by Gasteiger charge is 2.45. The van der Waals surface area contributed by atoms with Crippen LogP contribution in [0.4, 0.5) is 0 Å². The summed E-state index contributed by atoms with van der Waals surface area (Å²) in [6.07, 6.45) is 0. The third-order valence-electron chi connectivity index (χ3n) is 10.7. The molecule has 290 valence electrons. The molecule has 0 heterocycles. The molecule has 0 N–H and O–H groups in total. The van der Waals surface area contributed by atoms with E-state index in [2.05, 4.69) is 0 Å². The summed E-state index contributed by atoms with van der Waals surface area (Å²) >= 11 is 0. The van der Waals surface area contributed by atoms with Gasteiger partial charge in [0.15, 0.2) is 11.6 Å². The van der Waals surface area contributed by atoms with E-state index in [1.807, 2.05) is 182 Å². The third-order valence-corrected chi connectivity index (χ3v) is 19.3. The van der Waals surface area contributed by atoms with Gasteiger partial charge < -0.3 is 0 Å². The predicted octanol–water partition coefficient (Wildman–Crippen LogP) is 8.22. The van der Waals surface area contributed by atoms with Crippen molar-refractivity contribution < 1.29 is 19.2 Å². The number of carbonyl (C=O) groups excluding carboxylic acids is 4. The van der Waals surface area contributed by atoms with Crippen molar-refractivity contribution in [2.24, 2.45) is 0 Å². The molecule has 0 radical (unpaired) electrons. The molecule has 0 fully saturated rings. The van der Waals surface area contributed by atoms with E-state index in [-0.39, 0.29) is 21.7 Å². The predicted molar refractivity (Wildman–Crippen MR) is 252 cm³/mol. The Hall–Kier alpha value is -6.96. The van der Waals surface area contributed by atoms with E-state index in [0.29, 0.717) is 31.8 Å². The fourth-order valence-corrected chi connectivity index (χ4v) is 16.8. The maximum absolute atomic E-state index is 16.4. The zero-order valence-corrected chi connectivity index (χ0v) is 34.4. The Kier molecular flexibility index (Phi) is 11.9. The molecule has 8 aromatic carbocycles. The van der Waals surface area contributed by atoms with Crippen LogP contribution in [-0.4, -0.2) is 33.7 Å². The van der Waals surface area contributed by atoms with Crippen LogP contribution in [0.1, 0.15) is 20.7 Å². The summed E-state index contributed by atoms with van der Waals surface area (Å²) in [5.41, 5.74) is 0.513. The summed E-state index contributed by atoms with van der Waals surface area (Å²) in [4.78, 5) is 64.2. The molecular formula is C54H40O4P2. The molecule has 0 unspecified atom stereocenters. The Bertz CT molecular complexity index is 2490. The second-order valence-corrected chi connectivity index (χ2v) is 20.8. The first-order valence-corrected chi connectivity index (χ1v) is 23.2. The molecule has 0 aromatic heterocycles. The Morgan fingerprint density at radius 3 is 0.583 bits per heavy atom. The second kappa shape index (κ2) is 17.9. The number of carbonyl (C=O) groups is 4. The minimum absolute atomic E-state index is 0.173. The van der Waals surface area contributed by atoms with Crippen molar-refractivity contribution in [2.75, 3.05) is 0 Å². The van der Waals surface area contributed by atoms with Gasteiger partial charge in [-0.05, 0) is 45.6 Å². The summed E-state index contributed by atoms with van der Waals surface area (Å²) in [6.45, 7) is -7.04. The first-order valence-electron chi connectivity index (χ1n) is 19.6. The first-order chi connectivity index (χ1) is 29.5. The topological polar surface area (TPSA) is 68.3 Å². The smallest absolute Gasteiger partial charge is 0.238 e. The highest BCUT2D eigenvalue weighted by atomic mass is 31.2. The minimum atomic E-state index is -3.52. The highest BCUT2D eigenvalue weighted by molar-refractivity contribution is 7.99. The number of rotatable bonds is 13. The van der Waals surface area contributed by atoms with Gasteiger partial charge in [0.05, 0.1) is 10.6 Å². The monoisotopic (exact) mass is 814 g/mol. The van der Waals surface area contributed by atoms with Gasteiger partial charge in [-0.2, -0.15) is 0 Å². The Morgan fingerprint density at radius 2 is 0.400 bits per heavy atom. The van der Waals surface area contributed by atoms with E-state index >= 15 is 19.2 Å². The minimum Gasteiger partial charge on any atom is -0.288 e. The number of hydrogen-bond acceptors (Lipinski definition) is 4. The lowest BCUT2D eigenvalue weighted by Gasteiger charge is -2.33. The largest absolute Gasteiger partial charge is 0.288 e. The van der Waals surface area contributed by atoms with E-state index in [9.17, 15) is 0 Å². The van der Waals surface area contributed by atoms with Gasteiger partial charge in [0.25, 0.3) is 0 Å². The van der Waals surface area contributed by atoms with Gasteiger partial charge in [0.2, 0.25) is 11.6 Å². The van der Waals surface area contributed by atoms with Gasteiger partial charge in [0.1, 0.15) is 0 Å². The quantitative estimate of drug-likeness (QED) is 0.0510. The van der Waals surface area contributed by atoms with Crippen LogP contribution in [0.15, 0.2) is 243 Å². The molecule has 4 nitrogen and oxygen atoms in total. The molecular weight excluding hydrogens is 775 g/mol. The van der Waals surface area contributed by atoms with E-state index in [1.54, 1.807) is 60.7 Å². The van der Waals surface area contributed by atoms with Gasteiger partial charge in [-0.1, -0.05) is 243 Å². The van der Waals surface area contributed by atoms with Crippen molar-refractivity contribution in [1.82, 2.24) is 0 Å². The molecule has 0 saturated heterocycles. The number of Topliss-reactive ketones (excluding diaryl/α,β-unsaturated/α-hetero) is 4. The van der Waals surface area contributed by atoms with Gasteiger partial charge >= 0.3 is 0 Å². The average molecular weight is 815 g/mol. The molecule has 0 amide bonds. The van der Waals surface area contributed by atoms with Crippen LogP contribution in [0.25, 0.3) is 0 Å². The fraction of sp³-hybridized carbons (Fsp3) is 0. The van der Waals surface area contributed by atoms with Gasteiger partial charge in [0, 0.05) is 11.1 Å². The third kappa shape index (κ3) is 7.22. The molecule has 0 atom stereocenters. The first kappa shape index (κ1) is 39.8. The molecule has 8 aromatic rings. The van der Waals surface area contributed by atoms with Crippen LogP contribution in [-0.2, 0) is 9.59 Å². The van der Waals surface area contributed by atoms with Crippen LogP contribution in [0, 0.1) is 0 Å². The zero-order valence-electron chi connectivity index (χ0n) is 32.6. The van der Waals surface area contributed by atoms with Crippen molar-refractivity contribution in [2.45, 2.75) is 0 Å². The van der Waals surface area contributed by atoms with Crippen LogP contribution in [0.3, 0.4) is 0 Å². The van der Waals surface area contributed by atoms with Crippen molar-refractivity contribution in [3.05, 3.63) is 254 Å². The van der Waals surface area contributed by atoms with Gasteiger partial charge in [-0.3, -0.25) is 19.2 Å². The summed E-state index contributed by atoms with van der Waals surface area (Å²) < 4.78 is 0. The maximum Gasteiger partial charge on any atom is 0.238 e. The van der Waals surface area contributed by atoms with Crippen molar-refractivity contribution >= 4 is 79.3 Å². The van der Waals surface area contributed by atoms with Crippen molar-refractivity contribution in [3.63, 3.8) is 0 Å². The van der Waals surface area contributed by atoms with Crippen LogP contribution in [0.5, 0.6) is 0 Å². The van der Waals surface area contributed by atoms with Crippen LogP contribution in [0.2, 0.25) is 0 Å². The molecule has 0 aliphatic carbocycles. The lowest BCUT2D eigenvalue weighted by Crippen LogP contribution is -2.46. The van der Waals surface area contributed by atoms with E-state index in [0.717, 1.165) is 0 Å². The highest BCUT2D eigenvalue weighted by Crippen LogP contribution is 2.49. The standard InChI is InChI=1S/C54H40O4P2/c55-49(41-25-9-1-10-26-41)53(59(43-29-13-3-14-30-43,44-31-15-4-16-32-44)45-33-17-5-18-34-45)51(57)52(58)54(50(56)42-27-11-2-12-28-42)60(46-35-19-6-20-36-46,47-37-21-7-22-38-47)48-39-23-8-24-40-48/h1-40H. The van der Waals surface area contributed by atoms with Gasteiger partial charge in [-0.25, -0.2) is 0 Å². The van der Waals surface area contributed by atoms with Crippen molar-refractivity contribution in [1.29, 1.82) is 0 Å². The summed E-state index contributed by atoms with van der Waals surface area (Å²) in [7, 11) is 0. The summed E-state index contributed by atoms with van der Waals surface area (Å²) in [6, 6.07) is 74.5. The number of hydrogen-bond donors (Lipinski definition) is 0. The molecule has 0 saturated carbocycles. The van der Waals surface area contributed by atoms with Crippen molar-refractivity contribution in [3.8, 4) is 0 Å². The number of benzene rings is 8. The van der Waals surface area contributed by atoms with E-state index in [4.69, 9.17) is 0 Å². The van der Waals surface area contributed by atoms with Gasteiger partial charge in [-0.15, -0.1) is 0 Å². The van der Waals surface area contributed by atoms with Crippen LogP contribution < -0.4 is 31.8 Å². The fourth-order valence-electron chi connectivity index (χ4n) is 8.06. The normalized spacial score (nSPS) is 11.3. The second-order valence-electron chi connectivity index (χ2n) is 14.1. The Labute approximate surface area is 350 Å². The summed E-state index contributed by atoms with van der Waals surface area (Å²) in [5.74, 6) is -3.18. The van der Waals surface area contributed by atoms with Crippen LogP contribution >= 0.6 is 13.8 Å². The molecule has 0 bridgehead atoms. The lowest BCUT2D eigenvalue weighted by atomic mass is 9.99. The SMILES string of the molecule is O=C(C(=O)C(C(=O)c1ccccc1)=P(c1ccccc1)(c1ccccc1)c1ccccc1)C(C(=O)c1ccccc1)=P(c1ccccc1)(c1ccccc1)c1ccccc1. The Morgan fingerprint density at radius 1 is 0.233 bits per heavy atom. The zero-order chi connectivity index (χ0) is 41.4. The van der Waals surface area contributed by atoms with E-state index < -0.39 is 36.9 Å². The molecule has 6 heteroatoms. The molecule has 0 aliphatic heterocycles. The molecule has 0 aliphatic rings. The molecule has 0 spiro atoms. The number of ketones is 4. The van der Waals surface area contributed by atoms with E-state index in [1.165, 1.54) is 0 Å². The molecule has 60 heavy (non-hydrogen) atoms. The maximum atomic E-state index is 16.4. The molecule has 8 rings (SSSR count). The lowest BCUT2D eigenvalue weighted by molar-refractivity contribution is -0.128. The Balaban J connectivity index is 1.62. The summed E-state index contributed by atoms with van der Waals surface area (Å²) in [5, 5.41) is 3.95.